The number of benzene rings is 2. The van der Waals surface area contributed by atoms with Crippen molar-refractivity contribution in [1.82, 2.24) is 4.98 Å². The molecule has 1 N–H and O–H groups in total. The molecule has 1 aliphatic rings. The van der Waals surface area contributed by atoms with Crippen LogP contribution in [0.3, 0.4) is 0 Å². The lowest BCUT2D eigenvalue weighted by molar-refractivity contribution is -0.376. The van der Waals surface area contributed by atoms with Crippen LogP contribution in [0.5, 0.6) is 11.5 Å². The molecule has 1 aliphatic carbocycles. The van der Waals surface area contributed by atoms with Crippen molar-refractivity contribution in [2.45, 2.75) is 62.3 Å². The smallest absolute Gasteiger partial charge is 0.430 e. The number of halogens is 8. The van der Waals surface area contributed by atoms with Gasteiger partial charge in [-0.25, -0.2) is 0 Å². The lowest BCUT2D eigenvalue weighted by atomic mass is 9.84. The molecule has 210 valence electrons. The minimum absolute atomic E-state index is 0.0374. The van der Waals surface area contributed by atoms with Gasteiger partial charge in [-0.2, -0.15) is 35.1 Å². The van der Waals surface area contributed by atoms with Crippen molar-refractivity contribution < 1.29 is 52.4 Å². The molecule has 4 rings (SSSR count). The lowest BCUT2D eigenvalue weighted by Gasteiger charge is -2.33. The molecule has 1 aromatic heterocycles. The molecular weight excluding hydrogens is 538 g/mol. The minimum Gasteiger partial charge on any atom is -0.487 e. The van der Waals surface area contributed by atoms with Gasteiger partial charge in [0.2, 0.25) is 0 Å². The fourth-order valence-corrected chi connectivity index (χ4v) is 4.20. The third-order valence-electron chi connectivity index (χ3n) is 6.52. The van der Waals surface area contributed by atoms with Crippen molar-refractivity contribution in [2.24, 2.45) is 0 Å². The van der Waals surface area contributed by atoms with E-state index in [9.17, 15) is 40.2 Å². The summed E-state index contributed by atoms with van der Waals surface area (Å²) in [5, 5.41) is 9.76. The summed E-state index contributed by atoms with van der Waals surface area (Å²) in [5.74, 6) is -1.20. The molecule has 4 nitrogen and oxygen atoms in total. The SMILES string of the molecule is [3H]c1cncc([3H])c1CC(c1ccc(C(O)(C(F)(F)F)C(F)(F)F)cc1)c1ccc(OC(F)F)c(OC2CCC2)c1. The van der Waals surface area contributed by atoms with Gasteiger partial charge >= 0.3 is 19.0 Å². The van der Waals surface area contributed by atoms with Crippen LogP contribution in [0.15, 0.2) is 66.9 Å². The summed E-state index contributed by atoms with van der Waals surface area (Å²) in [6.07, 6.45) is -7.97. The second kappa shape index (κ2) is 11.0. The Morgan fingerprint density at radius 3 is 2.00 bits per heavy atom. The second-order valence-corrected chi connectivity index (χ2v) is 9.01. The molecule has 1 fully saturated rings. The molecule has 1 saturated carbocycles. The number of aliphatic hydroxyl groups is 1. The largest absolute Gasteiger partial charge is 0.487 e. The van der Waals surface area contributed by atoms with Crippen molar-refractivity contribution >= 4 is 0 Å². The second-order valence-electron chi connectivity index (χ2n) is 9.01. The highest BCUT2D eigenvalue weighted by Crippen LogP contribution is 2.50. The summed E-state index contributed by atoms with van der Waals surface area (Å²) in [7, 11) is 0. The first-order valence-electron chi connectivity index (χ1n) is 12.7. The number of pyridine rings is 1. The Morgan fingerprint density at radius 2 is 1.49 bits per heavy atom. The molecule has 1 atom stereocenters. The van der Waals surface area contributed by atoms with Crippen molar-refractivity contribution in [1.29, 1.82) is 0 Å². The van der Waals surface area contributed by atoms with E-state index in [0.29, 0.717) is 30.5 Å². The van der Waals surface area contributed by atoms with E-state index in [2.05, 4.69) is 9.72 Å². The van der Waals surface area contributed by atoms with E-state index in [-0.39, 0.29) is 47.2 Å². The van der Waals surface area contributed by atoms with E-state index in [0.717, 1.165) is 18.6 Å². The van der Waals surface area contributed by atoms with Crippen molar-refractivity contribution in [2.75, 3.05) is 0 Å². The first kappa shape index (κ1) is 25.8. The van der Waals surface area contributed by atoms with Gasteiger partial charge in [-0.15, -0.1) is 0 Å². The average molecular weight is 565 g/mol. The molecule has 0 bridgehead atoms. The van der Waals surface area contributed by atoms with E-state index in [1.807, 2.05) is 0 Å². The summed E-state index contributed by atoms with van der Waals surface area (Å²) in [5.41, 5.74) is -5.91. The Bertz CT molecular complexity index is 1330. The molecule has 1 heterocycles. The van der Waals surface area contributed by atoms with Crippen LogP contribution in [0.2, 0.25) is 0 Å². The summed E-state index contributed by atoms with van der Waals surface area (Å²) in [6.45, 7) is -3.16. The zero-order valence-corrected chi connectivity index (χ0v) is 20.0. The number of hydrogen-bond acceptors (Lipinski definition) is 4. The number of hydrogen-bond donors (Lipinski definition) is 1. The number of alkyl halides is 8. The molecule has 0 radical (unpaired) electrons. The standard InChI is InChI=1S/C27H23F8NO3/c28-24(29)39-22-9-6-18(15-23(22)38-20-2-1-3-20)21(14-16-10-12-36-13-11-16)17-4-7-19(8-5-17)25(37,26(30,31)32)27(33,34)35/h4-13,15,20-21,24,37H,1-3,14H2/i10T,11T. The monoisotopic (exact) mass is 565 g/mol. The van der Waals surface area contributed by atoms with E-state index >= 15 is 0 Å². The van der Waals surface area contributed by atoms with E-state index in [1.165, 1.54) is 30.6 Å². The topological polar surface area (TPSA) is 51.6 Å². The predicted molar refractivity (Wildman–Crippen MR) is 124 cm³/mol. The maximum atomic E-state index is 13.4. The van der Waals surface area contributed by atoms with Gasteiger partial charge in [0.15, 0.2) is 11.5 Å². The number of nitrogens with zero attached hydrogens (tertiary/aromatic N) is 1. The van der Waals surface area contributed by atoms with Crippen LogP contribution in [-0.4, -0.2) is 35.2 Å². The Balaban J connectivity index is 1.81. The zero-order chi connectivity index (χ0) is 30.2. The first-order valence-corrected chi connectivity index (χ1v) is 11.7. The predicted octanol–water partition coefficient (Wildman–Crippen LogP) is 7.30. The number of aromatic nitrogens is 1. The Kier molecular flexibility index (Phi) is 7.28. The van der Waals surface area contributed by atoms with Crippen LogP contribution >= 0.6 is 0 Å². The minimum atomic E-state index is -6.07. The third kappa shape index (κ3) is 6.10. The number of rotatable bonds is 9. The van der Waals surface area contributed by atoms with Crippen molar-refractivity contribution in [3.8, 4) is 11.5 Å². The fraction of sp³-hybridized carbons (Fsp3) is 0.370. The summed E-state index contributed by atoms with van der Waals surface area (Å²) >= 11 is 0. The van der Waals surface area contributed by atoms with Crippen LogP contribution in [0.4, 0.5) is 35.1 Å². The van der Waals surface area contributed by atoms with E-state index in [4.69, 9.17) is 7.48 Å². The highest BCUT2D eigenvalue weighted by Gasteiger charge is 2.71. The van der Waals surface area contributed by atoms with E-state index < -0.39 is 36.0 Å². The third-order valence-corrected chi connectivity index (χ3v) is 6.52. The van der Waals surface area contributed by atoms with Gasteiger partial charge in [0.1, 0.15) is 0 Å². The van der Waals surface area contributed by atoms with Gasteiger partial charge in [-0.1, -0.05) is 30.3 Å². The van der Waals surface area contributed by atoms with Crippen molar-refractivity contribution in [3.63, 3.8) is 0 Å². The van der Waals surface area contributed by atoms with Crippen LogP contribution in [-0.2, 0) is 12.0 Å². The number of ether oxygens (including phenoxy) is 2. The van der Waals surface area contributed by atoms with Gasteiger partial charge in [0.05, 0.1) is 8.85 Å². The Labute approximate surface area is 221 Å². The summed E-state index contributed by atoms with van der Waals surface area (Å²) in [6, 6.07) is 6.62. The molecule has 0 spiro atoms. The van der Waals surface area contributed by atoms with Crippen LogP contribution < -0.4 is 9.47 Å². The lowest BCUT2D eigenvalue weighted by Crippen LogP contribution is -2.53. The van der Waals surface area contributed by atoms with Crippen LogP contribution in [0.1, 0.15) is 50.2 Å². The molecule has 1 unspecified atom stereocenters. The molecule has 3 aromatic rings. The van der Waals surface area contributed by atoms with Gasteiger partial charge in [-0.05, 0) is 66.6 Å². The molecule has 2 aromatic carbocycles. The molecule has 12 heteroatoms. The normalized spacial score (nSPS) is 16.4. The van der Waals surface area contributed by atoms with Crippen LogP contribution in [0.25, 0.3) is 0 Å². The molecule has 0 saturated heterocycles. The maximum Gasteiger partial charge on any atom is 0.430 e. The molecular formula is C27H23F8NO3. The Morgan fingerprint density at radius 1 is 0.897 bits per heavy atom. The molecule has 0 aliphatic heterocycles. The highest BCUT2D eigenvalue weighted by atomic mass is 19.4. The fourth-order valence-electron chi connectivity index (χ4n) is 4.20. The highest BCUT2D eigenvalue weighted by molar-refractivity contribution is 5.47. The van der Waals surface area contributed by atoms with Crippen LogP contribution in [0, 0.1) is 0 Å². The van der Waals surface area contributed by atoms with Gasteiger partial charge < -0.3 is 14.6 Å². The zero-order valence-electron chi connectivity index (χ0n) is 22.0. The van der Waals surface area contributed by atoms with Gasteiger partial charge in [-0.3, -0.25) is 4.98 Å². The molecule has 0 amide bonds. The quantitative estimate of drug-likeness (QED) is 0.277. The summed E-state index contributed by atoms with van der Waals surface area (Å²) < 4.78 is 133. The van der Waals surface area contributed by atoms with Gasteiger partial charge in [0, 0.05) is 23.9 Å². The van der Waals surface area contributed by atoms with Crippen molar-refractivity contribution in [3.05, 3.63) is 89.2 Å². The van der Waals surface area contributed by atoms with E-state index in [1.54, 1.807) is 0 Å². The van der Waals surface area contributed by atoms with Gasteiger partial charge in [0.25, 0.3) is 5.60 Å². The average Bonchev–Trinajstić information content (AvgIpc) is 2.85. The molecule has 39 heavy (non-hydrogen) atoms. The summed E-state index contributed by atoms with van der Waals surface area (Å²) in [4.78, 5) is 3.76. The Hall–Kier alpha value is -3.41. The maximum absolute atomic E-state index is 13.4. The first-order chi connectivity index (χ1) is 19.1.